The van der Waals surface area contributed by atoms with Crippen LogP contribution >= 0.6 is 0 Å². The summed E-state index contributed by atoms with van der Waals surface area (Å²) in [5, 5.41) is 6.35. The molecule has 3 aliphatic rings. The molecule has 16 nitrogen and oxygen atoms in total. The minimum absolute atomic E-state index is 0.0763. The van der Waals surface area contributed by atoms with Crippen molar-refractivity contribution in [3.63, 3.8) is 0 Å². The molecular formula is C46H56FN9O7. The molecule has 2 aromatic carbocycles. The molecule has 2 fully saturated rings. The number of aryl methyl sites for hydroxylation is 1. The van der Waals surface area contributed by atoms with Crippen LogP contribution in [0.1, 0.15) is 90.1 Å². The topological polar surface area (TPSA) is 189 Å². The van der Waals surface area contributed by atoms with E-state index < -0.39 is 48.0 Å². The van der Waals surface area contributed by atoms with Crippen LogP contribution in [0.5, 0.6) is 5.75 Å². The summed E-state index contributed by atoms with van der Waals surface area (Å²) in [5.74, 6) is 0.890. The Bertz CT molecular complexity index is 2580. The van der Waals surface area contributed by atoms with E-state index in [-0.39, 0.29) is 36.8 Å². The fourth-order valence-electron chi connectivity index (χ4n) is 9.50. The van der Waals surface area contributed by atoms with E-state index in [0.717, 1.165) is 57.4 Å². The van der Waals surface area contributed by atoms with Gasteiger partial charge in [-0.25, -0.2) is 23.9 Å². The first-order valence-electron chi connectivity index (χ1n) is 21.5. The molecule has 3 aromatic heterocycles. The number of ether oxygens (including phenoxy) is 3. The van der Waals surface area contributed by atoms with Crippen molar-refractivity contribution < 1.29 is 37.8 Å². The van der Waals surface area contributed by atoms with Crippen LogP contribution < -0.4 is 15.4 Å². The second kappa shape index (κ2) is 16.7. The monoisotopic (exact) mass is 865 g/mol. The van der Waals surface area contributed by atoms with Gasteiger partial charge in [-0.1, -0.05) is 39.8 Å². The van der Waals surface area contributed by atoms with Gasteiger partial charge in [0.25, 0.3) is 0 Å². The van der Waals surface area contributed by atoms with Crippen molar-refractivity contribution in [2.75, 3.05) is 27.3 Å². The molecule has 5 unspecified atom stereocenters. The number of aromatic amines is 2. The lowest BCUT2D eigenvalue weighted by Gasteiger charge is -2.34. The highest BCUT2D eigenvalue weighted by atomic mass is 19.1. The second-order valence-corrected chi connectivity index (χ2v) is 17.9. The summed E-state index contributed by atoms with van der Waals surface area (Å²) in [4.78, 5) is 71.1. The fourth-order valence-corrected chi connectivity index (χ4v) is 9.50. The van der Waals surface area contributed by atoms with E-state index in [9.17, 15) is 23.6 Å². The maximum Gasteiger partial charge on any atom is 0.407 e. The largest absolute Gasteiger partial charge is 0.482 e. The van der Waals surface area contributed by atoms with Crippen molar-refractivity contribution in [2.24, 2.45) is 18.9 Å². The van der Waals surface area contributed by atoms with E-state index in [1.54, 1.807) is 11.1 Å². The molecule has 5 atom stereocenters. The molecule has 2 saturated heterocycles. The van der Waals surface area contributed by atoms with Crippen molar-refractivity contribution in [3.05, 3.63) is 66.0 Å². The lowest BCUT2D eigenvalue weighted by Crippen LogP contribution is -2.51. The third kappa shape index (κ3) is 7.86. The molecule has 17 heteroatoms. The van der Waals surface area contributed by atoms with Gasteiger partial charge in [0.15, 0.2) is 0 Å². The van der Waals surface area contributed by atoms with Gasteiger partial charge in [-0.15, -0.1) is 0 Å². The number of alkyl halides is 1. The molecule has 6 heterocycles. The third-order valence-electron chi connectivity index (χ3n) is 12.7. The van der Waals surface area contributed by atoms with Gasteiger partial charge in [0.2, 0.25) is 11.8 Å². The van der Waals surface area contributed by atoms with Crippen molar-refractivity contribution in [1.29, 1.82) is 0 Å². The number of halogens is 1. The van der Waals surface area contributed by atoms with E-state index >= 15 is 0 Å². The van der Waals surface area contributed by atoms with Gasteiger partial charge in [0.1, 0.15) is 41.3 Å². The first-order valence-corrected chi connectivity index (χ1v) is 21.5. The standard InChI is InChI=1S/C46H56FN9O7/c1-23(2)37(52-44(59)61-8)42(57)55-16-10-11-33(55)40-48-20-30(50-40)25-13-15-32-29(17-25)36-39(54(32)7)28-14-12-26(18-35(28)63-46(36,5)6)31-21-49-41(51-31)34-19-27(47)22-56(34)43(58)38(24(3)4)53-45(60)62-9/h12-15,17-18,20-21,23-24,27,33-34,37-38H,10-11,16,19,22H2,1-9H3,(H,48,50)(H,49,51)(H,52,59)(H,53,60). The lowest BCUT2D eigenvalue weighted by atomic mass is 9.88. The molecule has 0 radical (unpaired) electrons. The number of hydrogen-bond donors (Lipinski definition) is 4. The van der Waals surface area contributed by atoms with Gasteiger partial charge in [-0.05, 0) is 62.8 Å². The van der Waals surface area contributed by atoms with Gasteiger partial charge < -0.3 is 49.2 Å². The number of fused-ring (bicyclic) bond motifs is 5. The van der Waals surface area contributed by atoms with E-state index in [2.05, 4.69) is 69.2 Å². The number of carbonyl (C=O) groups excluding carboxylic acids is 4. The summed E-state index contributed by atoms with van der Waals surface area (Å²) >= 11 is 0. The fraction of sp³-hybridized carbons (Fsp3) is 0.478. The van der Waals surface area contributed by atoms with Gasteiger partial charge in [-0.3, -0.25) is 9.59 Å². The van der Waals surface area contributed by atoms with Gasteiger partial charge in [0.05, 0.1) is 62.3 Å². The number of methoxy groups -OCH3 is 2. The Morgan fingerprint density at radius 3 is 2.02 bits per heavy atom. The Kier molecular flexibility index (Phi) is 11.5. The molecule has 0 spiro atoms. The molecule has 3 aliphatic heterocycles. The van der Waals surface area contributed by atoms with Crippen LogP contribution in [0.2, 0.25) is 0 Å². The Morgan fingerprint density at radius 2 is 1.41 bits per heavy atom. The number of nitrogens with zero attached hydrogens (tertiary/aromatic N) is 5. The van der Waals surface area contributed by atoms with Crippen molar-refractivity contribution in [3.8, 4) is 39.5 Å². The summed E-state index contributed by atoms with van der Waals surface area (Å²) in [6, 6.07) is 9.81. The molecule has 0 saturated carbocycles. The molecule has 4 N–H and O–H groups in total. The quantitative estimate of drug-likeness (QED) is 0.112. The van der Waals surface area contributed by atoms with Crippen LogP contribution in [-0.4, -0.2) is 104 Å². The third-order valence-corrected chi connectivity index (χ3v) is 12.7. The average Bonchev–Trinajstić information content (AvgIpc) is 4.11. The maximum absolute atomic E-state index is 15.0. The SMILES string of the molecule is COC(=O)NC(C(=O)N1CCCC1c1ncc(-c2ccc3c(c2)c2c(n3C)-c3ccc(-c4cnc(C5CC(F)CN5C(=O)C(NC(=O)OC)C(C)C)[nH]4)cc3OC2(C)C)[nH]1)C(C)C. The number of likely N-dealkylation sites (tertiary alicyclic amines) is 2. The molecule has 0 aliphatic carbocycles. The van der Waals surface area contributed by atoms with Crippen LogP contribution in [0.3, 0.4) is 0 Å². The van der Waals surface area contributed by atoms with Crippen molar-refractivity contribution in [1.82, 2.24) is 44.9 Å². The van der Waals surface area contributed by atoms with E-state index in [1.165, 1.54) is 19.1 Å². The number of hydrogen-bond acceptors (Lipinski definition) is 9. The number of imidazole rings is 2. The van der Waals surface area contributed by atoms with E-state index in [1.807, 2.05) is 52.1 Å². The van der Waals surface area contributed by atoms with E-state index in [4.69, 9.17) is 19.2 Å². The first kappa shape index (κ1) is 43.3. The van der Waals surface area contributed by atoms with Gasteiger partial charge in [-0.2, -0.15) is 0 Å². The molecular weight excluding hydrogens is 810 g/mol. The number of alkyl carbamates (subject to hydrolysis) is 2. The van der Waals surface area contributed by atoms with Crippen LogP contribution in [0.4, 0.5) is 14.0 Å². The second-order valence-electron chi connectivity index (χ2n) is 17.9. The van der Waals surface area contributed by atoms with Crippen LogP contribution in [0, 0.1) is 11.8 Å². The van der Waals surface area contributed by atoms with Crippen LogP contribution in [0.15, 0.2) is 48.8 Å². The summed E-state index contributed by atoms with van der Waals surface area (Å²) in [6.07, 6.45) is 2.52. The smallest absolute Gasteiger partial charge is 0.407 e. The highest BCUT2D eigenvalue weighted by molar-refractivity contribution is 5.97. The number of amides is 4. The minimum Gasteiger partial charge on any atom is -0.482 e. The molecule has 5 aromatic rings. The highest BCUT2D eigenvalue weighted by Gasteiger charge is 2.43. The number of H-pyrrole nitrogens is 2. The summed E-state index contributed by atoms with van der Waals surface area (Å²) < 4.78 is 33.5. The molecule has 4 amide bonds. The van der Waals surface area contributed by atoms with Crippen molar-refractivity contribution >= 4 is 34.9 Å². The normalized spacial score (nSPS) is 20.0. The van der Waals surface area contributed by atoms with Crippen LogP contribution in [0.25, 0.3) is 44.7 Å². The average molecular weight is 866 g/mol. The van der Waals surface area contributed by atoms with Crippen LogP contribution in [-0.2, 0) is 31.7 Å². The van der Waals surface area contributed by atoms with Gasteiger partial charge >= 0.3 is 12.2 Å². The lowest BCUT2D eigenvalue weighted by molar-refractivity contribution is -0.136. The molecule has 8 rings (SSSR count). The molecule has 63 heavy (non-hydrogen) atoms. The summed E-state index contributed by atoms with van der Waals surface area (Å²) in [5.41, 5.74) is 6.55. The van der Waals surface area contributed by atoms with Crippen molar-refractivity contribution in [2.45, 2.75) is 96.7 Å². The summed E-state index contributed by atoms with van der Waals surface area (Å²) in [7, 11) is 4.57. The highest BCUT2D eigenvalue weighted by Crippen LogP contribution is 2.50. The number of rotatable bonds is 10. The Labute approximate surface area is 365 Å². The Balaban J connectivity index is 1.06. The van der Waals surface area contributed by atoms with Gasteiger partial charge in [0, 0.05) is 53.2 Å². The molecule has 0 bridgehead atoms. The summed E-state index contributed by atoms with van der Waals surface area (Å²) in [6.45, 7) is 12.0. The zero-order chi connectivity index (χ0) is 45.1. The van der Waals surface area contributed by atoms with E-state index in [0.29, 0.717) is 29.6 Å². The minimum atomic E-state index is -1.25. The number of nitrogens with one attached hydrogen (secondary N) is 4. The molecule has 334 valence electrons. The predicted octanol–water partition coefficient (Wildman–Crippen LogP) is 7.29. The first-order chi connectivity index (χ1) is 30.0. The number of carbonyl (C=O) groups is 4. The number of benzene rings is 2. The number of aromatic nitrogens is 5. The zero-order valence-corrected chi connectivity index (χ0v) is 37.2. The Morgan fingerprint density at radius 1 is 0.841 bits per heavy atom. The predicted molar refractivity (Wildman–Crippen MR) is 233 cm³/mol. The maximum atomic E-state index is 15.0. The zero-order valence-electron chi connectivity index (χ0n) is 37.2. The Hall–Kier alpha value is -6.39.